The van der Waals surface area contributed by atoms with Crippen LogP contribution in [0.2, 0.25) is 0 Å². The first-order valence-electron chi connectivity index (χ1n) is 11.7. The molecule has 3 saturated carbocycles. The van der Waals surface area contributed by atoms with Crippen LogP contribution in [0.4, 0.5) is 0 Å². The van der Waals surface area contributed by atoms with Gasteiger partial charge in [-0.15, -0.1) is 0 Å². The summed E-state index contributed by atoms with van der Waals surface area (Å²) in [6.45, 7) is 1.14. The fourth-order valence-electron chi connectivity index (χ4n) is 7.20. The molecular formula is C22H30N4O4S. The van der Waals surface area contributed by atoms with Crippen LogP contribution in [-0.4, -0.2) is 52.8 Å². The second-order valence-corrected chi connectivity index (χ2v) is 12.3. The standard InChI is InChI=1S/C22H30N4O4S/c1-31(29,30)25-9-7-14-15(11-25)23-20(24-21(14)27)16-4-2-3-8-26(16)22(28)19-17-12-5-6-13(10-12)18(17)19/h12-13,16-19H,2-11H2,1H3,(H,23,24,27). The first kappa shape index (κ1) is 19.9. The molecule has 1 saturated heterocycles. The summed E-state index contributed by atoms with van der Waals surface area (Å²) in [6, 6.07) is -0.216. The summed E-state index contributed by atoms with van der Waals surface area (Å²) in [5, 5.41) is 0. The maximum atomic E-state index is 13.6. The number of aromatic nitrogens is 2. The van der Waals surface area contributed by atoms with E-state index >= 15 is 0 Å². The van der Waals surface area contributed by atoms with Crippen molar-refractivity contribution in [2.45, 2.75) is 57.5 Å². The van der Waals surface area contributed by atoms with Crippen molar-refractivity contribution in [3.8, 4) is 0 Å². The molecule has 5 unspecified atom stereocenters. The van der Waals surface area contributed by atoms with E-state index in [0.717, 1.165) is 31.1 Å². The summed E-state index contributed by atoms with van der Waals surface area (Å²) in [6.07, 6.45) is 8.21. The number of hydrogen-bond donors (Lipinski definition) is 1. The van der Waals surface area contributed by atoms with Gasteiger partial charge in [0.1, 0.15) is 5.82 Å². The van der Waals surface area contributed by atoms with Crippen molar-refractivity contribution < 1.29 is 13.2 Å². The summed E-state index contributed by atoms with van der Waals surface area (Å²) in [4.78, 5) is 36.0. The fraction of sp³-hybridized carbons (Fsp3) is 0.773. The molecule has 1 aromatic heterocycles. The van der Waals surface area contributed by atoms with E-state index in [-0.39, 0.29) is 30.0 Å². The third-order valence-electron chi connectivity index (χ3n) is 8.65. The lowest BCUT2D eigenvalue weighted by Gasteiger charge is -2.36. The van der Waals surface area contributed by atoms with Gasteiger partial charge in [0.15, 0.2) is 0 Å². The predicted molar refractivity (Wildman–Crippen MR) is 113 cm³/mol. The van der Waals surface area contributed by atoms with Gasteiger partial charge in [-0.25, -0.2) is 13.4 Å². The van der Waals surface area contributed by atoms with Crippen molar-refractivity contribution in [1.29, 1.82) is 0 Å². The topological polar surface area (TPSA) is 103 Å². The van der Waals surface area contributed by atoms with Gasteiger partial charge in [0, 0.05) is 24.6 Å². The summed E-state index contributed by atoms with van der Waals surface area (Å²) < 4.78 is 25.4. The number of piperidine rings is 1. The molecule has 3 heterocycles. The van der Waals surface area contributed by atoms with Gasteiger partial charge in [-0.3, -0.25) is 9.59 Å². The van der Waals surface area contributed by atoms with Gasteiger partial charge in [-0.05, 0) is 68.6 Å². The third-order valence-corrected chi connectivity index (χ3v) is 9.90. The number of sulfonamides is 1. The summed E-state index contributed by atoms with van der Waals surface area (Å²) in [5.74, 6) is 3.64. The molecule has 0 radical (unpaired) electrons. The summed E-state index contributed by atoms with van der Waals surface area (Å²) in [7, 11) is -3.34. The Balaban J connectivity index is 1.29. The van der Waals surface area contributed by atoms with Crippen LogP contribution in [0.5, 0.6) is 0 Å². The molecule has 8 nitrogen and oxygen atoms in total. The number of carbonyl (C=O) groups excluding carboxylic acids is 1. The number of H-pyrrole nitrogens is 1. The highest BCUT2D eigenvalue weighted by molar-refractivity contribution is 7.88. The Morgan fingerprint density at radius 3 is 2.55 bits per heavy atom. The Bertz CT molecular complexity index is 1080. The quantitative estimate of drug-likeness (QED) is 0.757. The lowest BCUT2D eigenvalue weighted by molar-refractivity contribution is -0.137. The first-order chi connectivity index (χ1) is 14.8. The molecule has 1 N–H and O–H groups in total. The molecule has 5 atom stereocenters. The van der Waals surface area contributed by atoms with E-state index in [1.807, 2.05) is 4.90 Å². The molecule has 4 fully saturated rings. The number of hydrogen-bond acceptors (Lipinski definition) is 5. The number of rotatable bonds is 3. The third kappa shape index (κ3) is 3.10. The highest BCUT2D eigenvalue weighted by atomic mass is 32.2. The molecule has 1 amide bonds. The first-order valence-corrected chi connectivity index (χ1v) is 13.6. The molecule has 168 valence electrons. The average molecular weight is 447 g/mol. The van der Waals surface area contributed by atoms with Crippen LogP contribution in [0.15, 0.2) is 4.79 Å². The van der Waals surface area contributed by atoms with Gasteiger partial charge in [0.2, 0.25) is 15.9 Å². The Labute approximate surface area is 182 Å². The van der Waals surface area contributed by atoms with Gasteiger partial charge < -0.3 is 9.88 Å². The van der Waals surface area contributed by atoms with E-state index in [2.05, 4.69) is 4.98 Å². The van der Waals surface area contributed by atoms with Crippen molar-refractivity contribution in [1.82, 2.24) is 19.2 Å². The molecule has 1 aromatic rings. The summed E-state index contributed by atoms with van der Waals surface area (Å²) >= 11 is 0. The Hall–Kier alpha value is -1.74. The molecule has 2 aliphatic heterocycles. The number of nitrogens with zero attached hydrogens (tertiary/aromatic N) is 3. The number of likely N-dealkylation sites (tertiary alicyclic amines) is 1. The second kappa shape index (κ2) is 6.88. The number of amides is 1. The molecule has 0 spiro atoms. The number of nitrogens with one attached hydrogen (secondary N) is 1. The monoisotopic (exact) mass is 446 g/mol. The molecule has 0 aromatic carbocycles. The molecule has 31 heavy (non-hydrogen) atoms. The Morgan fingerprint density at radius 2 is 1.84 bits per heavy atom. The zero-order valence-electron chi connectivity index (χ0n) is 17.9. The fourth-order valence-corrected chi connectivity index (χ4v) is 7.98. The van der Waals surface area contributed by atoms with Crippen molar-refractivity contribution >= 4 is 15.9 Å². The largest absolute Gasteiger partial charge is 0.332 e. The minimum Gasteiger partial charge on any atom is -0.332 e. The molecule has 6 rings (SSSR count). The molecule has 3 aliphatic carbocycles. The van der Waals surface area contributed by atoms with Gasteiger partial charge in [-0.2, -0.15) is 4.31 Å². The van der Waals surface area contributed by atoms with Crippen LogP contribution in [0.3, 0.4) is 0 Å². The van der Waals surface area contributed by atoms with Crippen LogP contribution < -0.4 is 5.56 Å². The SMILES string of the molecule is CS(=O)(=O)N1CCc2c(nc(C3CCCCN3C(=O)C3C4C5CCC(C5)C34)[nH]c2=O)C1. The van der Waals surface area contributed by atoms with Crippen LogP contribution in [-0.2, 0) is 27.8 Å². The van der Waals surface area contributed by atoms with Crippen LogP contribution in [0, 0.1) is 29.6 Å². The maximum Gasteiger partial charge on any atom is 0.254 e. The Morgan fingerprint density at radius 1 is 1.10 bits per heavy atom. The van der Waals surface area contributed by atoms with E-state index in [0.29, 0.717) is 48.4 Å². The van der Waals surface area contributed by atoms with E-state index in [1.54, 1.807) is 0 Å². The maximum absolute atomic E-state index is 13.6. The normalized spacial score (nSPS) is 36.9. The highest BCUT2D eigenvalue weighted by Crippen LogP contribution is 2.69. The zero-order valence-corrected chi connectivity index (χ0v) is 18.7. The highest BCUT2D eigenvalue weighted by Gasteiger charge is 2.68. The van der Waals surface area contributed by atoms with E-state index < -0.39 is 10.0 Å². The number of carbonyl (C=O) groups is 1. The van der Waals surface area contributed by atoms with Crippen LogP contribution in [0.1, 0.15) is 61.6 Å². The smallest absolute Gasteiger partial charge is 0.254 e. The van der Waals surface area contributed by atoms with E-state index in [9.17, 15) is 18.0 Å². The molecular weight excluding hydrogens is 416 g/mol. The molecule has 5 aliphatic rings. The lowest BCUT2D eigenvalue weighted by Crippen LogP contribution is -2.43. The van der Waals surface area contributed by atoms with Crippen LogP contribution in [0.25, 0.3) is 0 Å². The Kier molecular flexibility index (Phi) is 4.42. The minimum absolute atomic E-state index is 0.127. The predicted octanol–water partition coefficient (Wildman–Crippen LogP) is 1.43. The zero-order chi connectivity index (χ0) is 21.5. The van der Waals surface area contributed by atoms with Gasteiger partial charge >= 0.3 is 0 Å². The van der Waals surface area contributed by atoms with Crippen molar-refractivity contribution in [3.05, 3.63) is 27.4 Å². The van der Waals surface area contributed by atoms with Crippen LogP contribution >= 0.6 is 0 Å². The van der Waals surface area contributed by atoms with Crippen molar-refractivity contribution in [2.75, 3.05) is 19.3 Å². The average Bonchev–Trinajstić information content (AvgIpc) is 3.18. The van der Waals surface area contributed by atoms with E-state index in [4.69, 9.17) is 4.98 Å². The molecule has 2 bridgehead atoms. The minimum atomic E-state index is -3.34. The lowest BCUT2D eigenvalue weighted by atomic mass is 9.97. The van der Waals surface area contributed by atoms with Gasteiger partial charge in [0.05, 0.1) is 24.5 Å². The van der Waals surface area contributed by atoms with Gasteiger partial charge in [-0.1, -0.05) is 0 Å². The summed E-state index contributed by atoms with van der Waals surface area (Å²) in [5.41, 5.74) is 0.924. The number of fused-ring (bicyclic) bond motifs is 6. The van der Waals surface area contributed by atoms with Crippen molar-refractivity contribution in [3.63, 3.8) is 0 Å². The molecule has 9 heteroatoms. The van der Waals surface area contributed by atoms with E-state index in [1.165, 1.54) is 29.8 Å². The van der Waals surface area contributed by atoms with Crippen molar-refractivity contribution in [2.24, 2.45) is 29.6 Å². The number of aromatic amines is 1. The van der Waals surface area contributed by atoms with Gasteiger partial charge in [0.25, 0.3) is 5.56 Å². The second-order valence-electron chi connectivity index (χ2n) is 10.3.